The summed E-state index contributed by atoms with van der Waals surface area (Å²) in [6.07, 6.45) is -4.67. The van der Waals surface area contributed by atoms with Crippen LogP contribution in [0, 0.1) is 0 Å². The Morgan fingerprint density at radius 3 is 2.28 bits per heavy atom. The van der Waals surface area contributed by atoms with E-state index in [1.54, 1.807) is 0 Å². The number of halogens is 3. The Balaban J connectivity index is 2.79. The highest BCUT2D eigenvalue weighted by Gasteiger charge is 2.34. The molecule has 3 N–H and O–H groups in total. The molecule has 1 rings (SSSR count). The van der Waals surface area contributed by atoms with Gasteiger partial charge in [-0.15, -0.1) is 0 Å². The number of benzene rings is 1. The predicted molar refractivity (Wildman–Crippen MR) is 90.6 cm³/mol. The number of anilines is 2. The summed E-state index contributed by atoms with van der Waals surface area (Å²) in [6, 6.07) is 2.47. The molecular weight excluding hydrogens is 337 g/mol. The maximum atomic E-state index is 13.2. The van der Waals surface area contributed by atoms with Crippen LogP contribution in [-0.2, 0) is 11.0 Å². The second kappa shape index (κ2) is 9.26. The molecule has 6 nitrogen and oxygen atoms in total. The average Bonchev–Trinajstić information content (AvgIpc) is 2.51. The molecule has 0 aliphatic heterocycles. The van der Waals surface area contributed by atoms with Crippen molar-refractivity contribution in [3.8, 4) is 0 Å². The lowest BCUT2D eigenvalue weighted by Gasteiger charge is -2.19. The quantitative estimate of drug-likeness (QED) is 0.699. The second-order valence-electron chi connectivity index (χ2n) is 5.35. The molecule has 0 saturated carbocycles. The zero-order valence-electron chi connectivity index (χ0n) is 14.5. The molecule has 0 aliphatic rings. The summed E-state index contributed by atoms with van der Waals surface area (Å²) in [4.78, 5) is 24.9. The van der Waals surface area contributed by atoms with Crippen LogP contribution in [0.3, 0.4) is 0 Å². The fraction of sp³-hybridized carbons (Fsp3) is 0.500. The number of amides is 3. The van der Waals surface area contributed by atoms with Crippen LogP contribution in [-0.4, -0.2) is 43.0 Å². The van der Waals surface area contributed by atoms with E-state index >= 15 is 0 Å². The first kappa shape index (κ1) is 20.8. The Morgan fingerprint density at radius 2 is 1.76 bits per heavy atom. The number of hydrogen-bond donors (Lipinski definition) is 3. The molecule has 0 saturated heterocycles. The molecule has 0 fully saturated rings. The van der Waals surface area contributed by atoms with Gasteiger partial charge < -0.3 is 20.9 Å². The third kappa shape index (κ3) is 7.00. The third-order valence-corrected chi connectivity index (χ3v) is 3.50. The number of carbonyl (C=O) groups excluding carboxylic acids is 2. The summed E-state index contributed by atoms with van der Waals surface area (Å²) in [7, 11) is 0. The van der Waals surface area contributed by atoms with Gasteiger partial charge in [-0.2, -0.15) is 13.2 Å². The van der Waals surface area contributed by atoms with E-state index in [2.05, 4.69) is 20.9 Å². The van der Waals surface area contributed by atoms with E-state index in [1.165, 1.54) is 13.0 Å². The van der Waals surface area contributed by atoms with E-state index in [9.17, 15) is 22.8 Å². The Labute approximate surface area is 144 Å². The van der Waals surface area contributed by atoms with E-state index in [0.717, 1.165) is 25.2 Å². The maximum absolute atomic E-state index is 13.2. The molecule has 140 valence electrons. The molecule has 0 aromatic heterocycles. The summed E-state index contributed by atoms with van der Waals surface area (Å²) in [6.45, 7) is 7.73. The minimum absolute atomic E-state index is 0.00677. The number of carbonyl (C=O) groups is 2. The Hall–Kier alpha value is -2.29. The molecule has 0 bridgehead atoms. The first-order valence-corrected chi connectivity index (χ1v) is 7.93. The molecule has 0 unspecified atom stereocenters. The fourth-order valence-corrected chi connectivity index (χ4v) is 2.20. The van der Waals surface area contributed by atoms with Gasteiger partial charge in [0.25, 0.3) is 0 Å². The standard InChI is InChI=1S/C16H23F3N4O2/c1-4-23(5-2)9-8-20-15(25)22-14-7-6-12(21-11(3)24)10-13(14)16(17,18)19/h6-7,10H,4-5,8-9H2,1-3H3,(H,21,24)(H2,20,22,25). The topological polar surface area (TPSA) is 73.5 Å². The Morgan fingerprint density at radius 1 is 1.12 bits per heavy atom. The van der Waals surface area contributed by atoms with Crippen LogP contribution >= 0.6 is 0 Å². The highest BCUT2D eigenvalue weighted by atomic mass is 19.4. The van der Waals surface area contributed by atoms with Crippen LogP contribution in [0.4, 0.5) is 29.3 Å². The van der Waals surface area contributed by atoms with Gasteiger partial charge in [-0.3, -0.25) is 4.79 Å². The largest absolute Gasteiger partial charge is 0.418 e. The van der Waals surface area contributed by atoms with Crippen LogP contribution in [0.1, 0.15) is 26.3 Å². The molecule has 9 heteroatoms. The fourth-order valence-electron chi connectivity index (χ4n) is 2.20. The van der Waals surface area contributed by atoms with Crippen molar-refractivity contribution < 1.29 is 22.8 Å². The zero-order chi connectivity index (χ0) is 19.0. The second-order valence-corrected chi connectivity index (χ2v) is 5.35. The van der Waals surface area contributed by atoms with Crippen LogP contribution < -0.4 is 16.0 Å². The molecule has 0 heterocycles. The number of nitrogens with one attached hydrogen (secondary N) is 3. The Bertz CT molecular complexity index is 602. The monoisotopic (exact) mass is 360 g/mol. The van der Waals surface area contributed by atoms with Crippen molar-refractivity contribution >= 4 is 23.3 Å². The summed E-state index contributed by atoms with van der Waals surface area (Å²) in [5.74, 6) is -0.483. The highest BCUT2D eigenvalue weighted by molar-refractivity contribution is 5.92. The molecule has 25 heavy (non-hydrogen) atoms. The van der Waals surface area contributed by atoms with Crippen molar-refractivity contribution in [2.24, 2.45) is 0 Å². The molecule has 0 spiro atoms. The third-order valence-electron chi connectivity index (χ3n) is 3.50. The number of alkyl halides is 3. The summed E-state index contributed by atoms with van der Waals surface area (Å²) in [5.41, 5.74) is -1.40. The van der Waals surface area contributed by atoms with Crippen molar-refractivity contribution in [2.75, 3.05) is 36.8 Å². The molecule has 0 aliphatic carbocycles. The molecule has 0 atom stereocenters. The number of likely N-dealkylation sites (N-methyl/N-ethyl adjacent to an activating group) is 1. The van der Waals surface area contributed by atoms with Crippen molar-refractivity contribution in [1.29, 1.82) is 0 Å². The van der Waals surface area contributed by atoms with E-state index < -0.39 is 23.7 Å². The number of nitrogens with zero attached hydrogens (tertiary/aromatic N) is 1. The number of urea groups is 1. The van der Waals surface area contributed by atoms with Crippen molar-refractivity contribution in [2.45, 2.75) is 26.9 Å². The molecular formula is C16H23F3N4O2. The van der Waals surface area contributed by atoms with Gasteiger partial charge in [-0.05, 0) is 31.3 Å². The normalized spacial score (nSPS) is 11.3. The van der Waals surface area contributed by atoms with Gasteiger partial charge in [-0.25, -0.2) is 4.79 Å². The van der Waals surface area contributed by atoms with Crippen molar-refractivity contribution in [3.05, 3.63) is 23.8 Å². The van der Waals surface area contributed by atoms with Gasteiger partial charge >= 0.3 is 12.2 Å². The molecule has 1 aromatic carbocycles. The number of hydrogen-bond acceptors (Lipinski definition) is 3. The summed E-state index contributed by atoms with van der Waals surface area (Å²) >= 11 is 0. The zero-order valence-corrected chi connectivity index (χ0v) is 14.5. The van der Waals surface area contributed by atoms with E-state index in [-0.39, 0.29) is 11.4 Å². The first-order valence-electron chi connectivity index (χ1n) is 7.93. The van der Waals surface area contributed by atoms with E-state index in [1.807, 2.05) is 13.8 Å². The predicted octanol–water partition coefficient (Wildman–Crippen LogP) is 3.13. The minimum Gasteiger partial charge on any atom is -0.337 e. The van der Waals surface area contributed by atoms with E-state index in [4.69, 9.17) is 0 Å². The average molecular weight is 360 g/mol. The SMILES string of the molecule is CCN(CC)CCNC(=O)Nc1ccc(NC(C)=O)cc1C(F)(F)F. The smallest absolute Gasteiger partial charge is 0.337 e. The van der Waals surface area contributed by atoms with Gasteiger partial charge in [0.05, 0.1) is 11.3 Å². The summed E-state index contributed by atoms with van der Waals surface area (Å²) < 4.78 is 39.5. The van der Waals surface area contributed by atoms with Crippen molar-refractivity contribution in [1.82, 2.24) is 10.2 Å². The lowest BCUT2D eigenvalue weighted by Crippen LogP contribution is -2.37. The first-order chi connectivity index (χ1) is 11.7. The summed E-state index contributed by atoms with van der Waals surface area (Å²) in [5, 5.41) is 7.02. The molecule has 0 radical (unpaired) electrons. The van der Waals surface area contributed by atoms with E-state index in [0.29, 0.717) is 13.1 Å². The minimum atomic E-state index is -4.67. The van der Waals surface area contributed by atoms with Crippen LogP contribution in [0.5, 0.6) is 0 Å². The Kier molecular flexibility index (Phi) is 7.69. The lowest BCUT2D eigenvalue weighted by molar-refractivity contribution is -0.137. The molecule has 3 amide bonds. The number of rotatable bonds is 7. The van der Waals surface area contributed by atoms with Gasteiger partial charge in [0, 0.05) is 25.7 Å². The van der Waals surface area contributed by atoms with Gasteiger partial charge in [0.15, 0.2) is 0 Å². The van der Waals surface area contributed by atoms with Crippen molar-refractivity contribution in [3.63, 3.8) is 0 Å². The lowest BCUT2D eigenvalue weighted by atomic mass is 10.1. The van der Waals surface area contributed by atoms with Gasteiger partial charge in [0.2, 0.25) is 5.91 Å². The highest BCUT2D eigenvalue weighted by Crippen LogP contribution is 2.36. The van der Waals surface area contributed by atoms with Crippen LogP contribution in [0.15, 0.2) is 18.2 Å². The molecule has 1 aromatic rings. The van der Waals surface area contributed by atoms with Crippen LogP contribution in [0.2, 0.25) is 0 Å². The van der Waals surface area contributed by atoms with Crippen LogP contribution in [0.25, 0.3) is 0 Å². The van der Waals surface area contributed by atoms with Gasteiger partial charge in [-0.1, -0.05) is 13.8 Å². The van der Waals surface area contributed by atoms with Gasteiger partial charge in [0.1, 0.15) is 0 Å². The maximum Gasteiger partial charge on any atom is 0.418 e.